The lowest BCUT2D eigenvalue weighted by Gasteiger charge is -2.33. The Labute approximate surface area is 268 Å². The van der Waals surface area contributed by atoms with Crippen LogP contribution in [0.15, 0.2) is 42.5 Å². The van der Waals surface area contributed by atoms with Crippen LogP contribution in [0.25, 0.3) is 10.9 Å². The molecule has 3 atom stereocenters. The molecule has 4 rings (SSSR count). The number of primary amides is 1. The Kier molecular flexibility index (Phi) is 11.2. The summed E-state index contributed by atoms with van der Waals surface area (Å²) >= 11 is 0. The van der Waals surface area contributed by atoms with Gasteiger partial charge in [0.1, 0.15) is 24.5 Å². The molecule has 1 aliphatic heterocycles. The van der Waals surface area contributed by atoms with E-state index in [9.17, 15) is 37.1 Å². The van der Waals surface area contributed by atoms with E-state index in [4.69, 9.17) is 10.5 Å². The molecule has 11 nitrogen and oxygen atoms in total. The van der Waals surface area contributed by atoms with Crippen LogP contribution < -0.4 is 26.0 Å². The predicted molar refractivity (Wildman–Crippen MR) is 169 cm³/mol. The number of fused-ring (bicyclic) bond motifs is 1. The summed E-state index contributed by atoms with van der Waals surface area (Å²) in [6.45, 7) is -0.331. The fourth-order valence-electron chi connectivity index (χ4n) is 5.52. The van der Waals surface area contributed by atoms with Crippen molar-refractivity contribution in [2.75, 3.05) is 49.3 Å². The van der Waals surface area contributed by atoms with Crippen molar-refractivity contribution in [2.45, 2.75) is 50.2 Å². The van der Waals surface area contributed by atoms with Crippen molar-refractivity contribution in [1.29, 1.82) is 0 Å². The van der Waals surface area contributed by atoms with Gasteiger partial charge in [-0.15, -0.1) is 0 Å². The summed E-state index contributed by atoms with van der Waals surface area (Å²) in [5, 5.41) is 16.3. The molecule has 0 saturated carbocycles. The maximum Gasteiger partial charge on any atom is 0.406 e. The first-order valence-corrected chi connectivity index (χ1v) is 14.7. The van der Waals surface area contributed by atoms with Gasteiger partial charge in [-0.3, -0.25) is 9.59 Å². The van der Waals surface area contributed by atoms with Gasteiger partial charge in [-0.25, -0.2) is 9.18 Å². The Morgan fingerprint density at radius 1 is 1.23 bits per heavy atom. The van der Waals surface area contributed by atoms with Crippen molar-refractivity contribution in [1.82, 2.24) is 9.47 Å². The highest BCUT2D eigenvalue weighted by Gasteiger charge is 2.31. The van der Waals surface area contributed by atoms with E-state index in [-0.39, 0.29) is 43.1 Å². The lowest BCUT2D eigenvalue weighted by molar-refractivity contribution is -0.140. The molecule has 0 unspecified atom stereocenters. The molecule has 2 amide bonds. The molecule has 0 aliphatic carbocycles. The minimum absolute atomic E-state index is 0.0127. The molecule has 0 bridgehead atoms. The number of nitrogens with two attached hydrogens (primary N) is 1. The number of likely N-dealkylation sites (tertiary alicyclic amines) is 1. The monoisotopic (exact) mass is 660 g/mol. The van der Waals surface area contributed by atoms with E-state index in [2.05, 4.69) is 22.5 Å². The third-order valence-corrected chi connectivity index (χ3v) is 7.83. The number of amides is 2. The fraction of sp³-hybridized carbons (Fsp3) is 0.406. The zero-order valence-corrected chi connectivity index (χ0v) is 25.8. The number of aliphatic carboxylic acids is 1. The topological polar surface area (TPSA) is 142 Å². The molecule has 1 saturated heterocycles. The molecule has 0 radical (unpaired) electrons. The number of nitrogens with one attached hydrogen (secondary N) is 2. The standard InChI is InChI=1S/C32H36F4N6O5/c1-40-14-12-25(23(33)17-40)39-24-6-3-7-27-22(24)15-20(41(27)18-32(34,35)36)5-4-13-38-26-9-8-21(16-29(26)47-2)42(19-43)28(31(45)46)10-11-30(37)44/h3,6-9,15-16,19,23,25,28,38-39H,10-14,17-18H2,1-2H3,(H2,37,44)(H,45,46)/t23-,25+,28-/m0/s1. The summed E-state index contributed by atoms with van der Waals surface area (Å²) in [7, 11) is 3.20. The molecule has 1 fully saturated rings. The number of alkyl halides is 4. The van der Waals surface area contributed by atoms with Crippen LogP contribution in [-0.2, 0) is 20.9 Å². The minimum atomic E-state index is -4.52. The Bertz CT molecular complexity index is 1670. The van der Waals surface area contributed by atoms with Crippen LogP contribution >= 0.6 is 0 Å². The second-order valence-electron chi connectivity index (χ2n) is 11.2. The molecule has 3 aromatic rings. The number of aromatic nitrogens is 1. The summed E-state index contributed by atoms with van der Waals surface area (Å²) in [4.78, 5) is 37.6. The molecule has 2 heterocycles. The zero-order valence-electron chi connectivity index (χ0n) is 25.8. The van der Waals surface area contributed by atoms with Crippen LogP contribution in [0.2, 0.25) is 0 Å². The average molecular weight is 661 g/mol. The molecular weight excluding hydrogens is 624 g/mol. The van der Waals surface area contributed by atoms with Gasteiger partial charge >= 0.3 is 12.1 Å². The van der Waals surface area contributed by atoms with Crippen LogP contribution in [0.4, 0.5) is 34.6 Å². The number of halogens is 4. The van der Waals surface area contributed by atoms with Crippen molar-refractivity contribution < 1.29 is 41.8 Å². The number of ether oxygens (including phenoxy) is 1. The smallest absolute Gasteiger partial charge is 0.406 e. The SMILES string of the molecule is COc1cc(N(C=O)[C@@H](CCC(N)=O)C(=O)O)ccc1NCC#Cc1cc2c(N[C@@H]3CCN(C)C[C@@H]3F)cccc2n1CC(F)(F)F. The first kappa shape index (κ1) is 34.9. The molecule has 1 aromatic heterocycles. The number of nitrogens with zero attached hydrogens (tertiary/aromatic N) is 3. The van der Waals surface area contributed by atoms with E-state index in [1.165, 1.54) is 25.3 Å². The van der Waals surface area contributed by atoms with E-state index in [0.717, 1.165) is 9.47 Å². The highest BCUT2D eigenvalue weighted by molar-refractivity contribution is 5.94. The van der Waals surface area contributed by atoms with Crippen LogP contribution in [0.3, 0.4) is 0 Å². The number of anilines is 3. The van der Waals surface area contributed by atoms with E-state index in [1.807, 2.05) is 11.9 Å². The quantitative estimate of drug-likeness (QED) is 0.123. The van der Waals surface area contributed by atoms with Gasteiger partial charge in [-0.2, -0.15) is 13.2 Å². The molecule has 47 heavy (non-hydrogen) atoms. The molecular formula is C32H36F4N6O5. The number of benzene rings is 2. The summed E-state index contributed by atoms with van der Waals surface area (Å²) < 4.78 is 62.1. The number of carbonyl (C=O) groups excluding carboxylic acids is 2. The predicted octanol–water partition coefficient (Wildman–Crippen LogP) is 3.81. The zero-order chi connectivity index (χ0) is 34.3. The van der Waals surface area contributed by atoms with E-state index < -0.39 is 42.9 Å². The fourth-order valence-corrected chi connectivity index (χ4v) is 5.52. The van der Waals surface area contributed by atoms with Gasteiger partial charge in [0, 0.05) is 42.3 Å². The van der Waals surface area contributed by atoms with Crippen LogP contribution in [-0.4, -0.2) is 91.1 Å². The molecule has 1 aliphatic rings. The van der Waals surface area contributed by atoms with Crippen LogP contribution in [0.1, 0.15) is 25.0 Å². The molecule has 15 heteroatoms. The third kappa shape index (κ3) is 8.85. The number of hydrogen-bond donors (Lipinski definition) is 4. The lowest BCUT2D eigenvalue weighted by atomic mass is 10.0. The van der Waals surface area contributed by atoms with E-state index in [1.54, 1.807) is 24.3 Å². The molecule has 5 N–H and O–H groups in total. The first-order chi connectivity index (χ1) is 22.3. The Morgan fingerprint density at radius 3 is 2.64 bits per heavy atom. The van der Waals surface area contributed by atoms with Crippen molar-refractivity contribution in [3.8, 4) is 17.6 Å². The Hall–Kier alpha value is -4.97. The van der Waals surface area contributed by atoms with Gasteiger partial charge < -0.3 is 40.6 Å². The number of carboxylic acids is 1. The number of hydrogen-bond acceptors (Lipinski definition) is 7. The summed E-state index contributed by atoms with van der Waals surface area (Å²) in [6, 6.07) is 9.04. The summed E-state index contributed by atoms with van der Waals surface area (Å²) in [5.41, 5.74) is 6.69. The van der Waals surface area contributed by atoms with Crippen molar-refractivity contribution in [3.63, 3.8) is 0 Å². The maximum atomic E-state index is 14.7. The molecule has 2 aromatic carbocycles. The number of carbonyl (C=O) groups is 3. The van der Waals surface area contributed by atoms with Crippen LogP contribution in [0.5, 0.6) is 5.75 Å². The second kappa shape index (κ2) is 15.1. The van der Waals surface area contributed by atoms with Crippen molar-refractivity contribution >= 4 is 46.3 Å². The highest BCUT2D eigenvalue weighted by atomic mass is 19.4. The number of methoxy groups -OCH3 is 1. The maximum absolute atomic E-state index is 14.7. The second-order valence-corrected chi connectivity index (χ2v) is 11.2. The van der Waals surface area contributed by atoms with Crippen molar-refractivity contribution in [3.05, 3.63) is 48.2 Å². The van der Waals surface area contributed by atoms with Crippen LogP contribution in [0, 0.1) is 11.8 Å². The number of rotatable bonds is 13. The summed E-state index contributed by atoms with van der Waals surface area (Å²) in [5.74, 6) is 3.84. The Balaban J connectivity index is 1.56. The lowest BCUT2D eigenvalue weighted by Crippen LogP contribution is -2.46. The third-order valence-electron chi connectivity index (χ3n) is 7.83. The highest BCUT2D eigenvalue weighted by Crippen LogP contribution is 2.33. The average Bonchev–Trinajstić information content (AvgIpc) is 3.35. The van der Waals surface area contributed by atoms with Gasteiger partial charge in [0.25, 0.3) is 0 Å². The van der Waals surface area contributed by atoms with Gasteiger partial charge in [-0.05, 0) is 56.1 Å². The minimum Gasteiger partial charge on any atom is -0.495 e. The largest absolute Gasteiger partial charge is 0.495 e. The van der Waals surface area contributed by atoms with Gasteiger partial charge in [0.05, 0.1) is 36.6 Å². The number of piperidine rings is 1. The molecule has 252 valence electrons. The van der Waals surface area contributed by atoms with E-state index >= 15 is 0 Å². The van der Waals surface area contributed by atoms with Gasteiger partial charge in [0.15, 0.2) is 0 Å². The van der Waals surface area contributed by atoms with Gasteiger partial charge in [0.2, 0.25) is 12.3 Å². The first-order valence-electron chi connectivity index (χ1n) is 14.7. The van der Waals surface area contributed by atoms with E-state index in [0.29, 0.717) is 41.7 Å². The van der Waals surface area contributed by atoms with Gasteiger partial charge in [-0.1, -0.05) is 12.0 Å². The summed E-state index contributed by atoms with van der Waals surface area (Å²) in [6.07, 6.45) is -5.22. The van der Waals surface area contributed by atoms with Crippen molar-refractivity contribution in [2.24, 2.45) is 5.73 Å². The Morgan fingerprint density at radius 2 is 2.00 bits per heavy atom. The molecule has 0 spiro atoms. The normalized spacial score (nSPS) is 17.3. The number of carboxylic acid groups (broad SMARTS) is 1.